The summed E-state index contributed by atoms with van der Waals surface area (Å²) in [5.74, 6) is 0.294. The van der Waals surface area contributed by atoms with Gasteiger partial charge < -0.3 is 10.6 Å². The smallest absolute Gasteiger partial charge is 0.240 e. The van der Waals surface area contributed by atoms with Crippen LogP contribution in [0.3, 0.4) is 0 Å². The van der Waals surface area contributed by atoms with E-state index in [9.17, 15) is 4.79 Å². The summed E-state index contributed by atoms with van der Waals surface area (Å²) in [6, 6.07) is 9.69. The predicted molar refractivity (Wildman–Crippen MR) is 79.6 cm³/mol. The number of hydrogen-bond acceptors (Lipinski definition) is 2. The third-order valence-corrected chi connectivity index (χ3v) is 3.56. The van der Waals surface area contributed by atoms with Crippen molar-refractivity contribution in [3.63, 3.8) is 0 Å². The Labute approximate surface area is 116 Å². The molecule has 3 heteroatoms. The van der Waals surface area contributed by atoms with Crippen molar-refractivity contribution in [3.05, 3.63) is 35.9 Å². The second-order valence-electron chi connectivity index (χ2n) is 5.16. The molecule has 0 fully saturated rings. The van der Waals surface area contributed by atoms with E-state index in [1.165, 1.54) is 0 Å². The molecule has 2 unspecified atom stereocenters. The van der Waals surface area contributed by atoms with E-state index in [-0.39, 0.29) is 17.9 Å². The molecule has 1 aromatic carbocycles. The summed E-state index contributed by atoms with van der Waals surface area (Å²) in [7, 11) is 0. The SMILES string of the molecule is CCCN(Cc1ccccc1)C(=O)C(N)C(C)CC. The molecule has 0 aliphatic carbocycles. The Morgan fingerprint density at radius 2 is 1.89 bits per heavy atom. The molecule has 0 aromatic heterocycles. The number of benzene rings is 1. The molecule has 106 valence electrons. The van der Waals surface area contributed by atoms with E-state index in [4.69, 9.17) is 5.73 Å². The first-order valence-electron chi connectivity index (χ1n) is 7.18. The third kappa shape index (κ3) is 4.67. The van der Waals surface area contributed by atoms with E-state index in [1.807, 2.05) is 42.2 Å². The van der Waals surface area contributed by atoms with Gasteiger partial charge in [0.2, 0.25) is 5.91 Å². The first kappa shape index (κ1) is 15.7. The second kappa shape index (κ2) is 7.95. The fraction of sp³-hybridized carbons (Fsp3) is 0.562. The Morgan fingerprint density at radius 1 is 1.26 bits per heavy atom. The first-order valence-corrected chi connectivity index (χ1v) is 7.18. The first-order chi connectivity index (χ1) is 9.10. The number of nitrogens with zero attached hydrogens (tertiary/aromatic N) is 1. The van der Waals surface area contributed by atoms with E-state index < -0.39 is 0 Å². The highest BCUT2D eigenvalue weighted by Crippen LogP contribution is 2.12. The molecular formula is C16H26N2O. The molecule has 2 N–H and O–H groups in total. The molecular weight excluding hydrogens is 236 g/mol. The zero-order valence-electron chi connectivity index (χ0n) is 12.3. The lowest BCUT2D eigenvalue weighted by Crippen LogP contribution is -2.47. The molecule has 0 saturated carbocycles. The summed E-state index contributed by atoms with van der Waals surface area (Å²) in [6.45, 7) is 7.60. The molecule has 19 heavy (non-hydrogen) atoms. The van der Waals surface area contributed by atoms with Crippen LogP contribution in [0.5, 0.6) is 0 Å². The Kier molecular flexibility index (Phi) is 6.57. The van der Waals surface area contributed by atoms with Crippen molar-refractivity contribution in [1.82, 2.24) is 4.90 Å². The van der Waals surface area contributed by atoms with Crippen LogP contribution >= 0.6 is 0 Å². The normalized spacial score (nSPS) is 13.9. The van der Waals surface area contributed by atoms with Crippen molar-refractivity contribution in [2.24, 2.45) is 11.7 Å². The van der Waals surface area contributed by atoms with Gasteiger partial charge in [0.25, 0.3) is 0 Å². The van der Waals surface area contributed by atoms with Crippen LogP contribution in [0.4, 0.5) is 0 Å². The van der Waals surface area contributed by atoms with Crippen LogP contribution in [0.15, 0.2) is 30.3 Å². The van der Waals surface area contributed by atoms with Gasteiger partial charge in [-0.1, -0.05) is 57.5 Å². The fourth-order valence-electron chi connectivity index (χ4n) is 2.05. The molecule has 0 bridgehead atoms. The van der Waals surface area contributed by atoms with E-state index in [1.54, 1.807) is 0 Å². The lowest BCUT2D eigenvalue weighted by Gasteiger charge is -2.28. The number of carbonyl (C=O) groups is 1. The van der Waals surface area contributed by atoms with Gasteiger partial charge in [0.15, 0.2) is 0 Å². The largest absolute Gasteiger partial charge is 0.337 e. The van der Waals surface area contributed by atoms with Crippen molar-refractivity contribution < 1.29 is 4.79 Å². The van der Waals surface area contributed by atoms with Crippen LogP contribution in [0.1, 0.15) is 39.2 Å². The summed E-state index contributed by atoms with van der Waals surface area (Å²) >= 11 is 0. The van der Waals surface area contributed by atoms with Crippen molar-refractivity contribution in [2.75, 3.05) is 6.54 Å². The number of amides is 1. The number of nitrogens with two attached hydrogens (primary N) is 1. The minimum Gasteiger partial charge on any atom is -0.337 e. The van der Waals surface area contributed by atoms with Crippen LogP contribution in [0.2, 0.25) is 0 Å². The van der Waals surface area contributed by atoms with Crippen LogP contribution in [0.25, 0.3) is 0 Å². The van der Waals surface area contributed by atoms with Crippen molar-refractivity contribution >= 4 is 5.91 Å². The maximum atomic E-state index is 12.4. The molecule has 0 spiro atoms. The average molecular weight is 262 g/mol. The van der Waals surface area contributed by atoms with E-state index >= 15 is 0 Å². The molecule has 1 aromatic rings. The van der Waals surface area contributed by atoms with Crippen molar-refractivity contribution in [1.29, 1.82) is 0 Å². The molecule has 1 rings (SSSR count). The predicted octanol–water partition coefficient (Wildman–Crippen LogP) is 2.80. The quantitative estimate of drug-likeness (QED) is 0.821. The summed E-state index contributed by atoms with van der Waals surface area (Å²) in [5.41, 5.74) is 7.22. The molecule has 0 aliphatic heterocycles. The maximum absolute atomic E-state index is 12.4. The Balaban J connectivity index is 2.74. The van der Waals surface area contributed by atoms with E-state index in [0.29, 0.717) is 6.54 Å². The highest BCUT2D eigenvalue weighted by molar-refractivity contribution is 5.81. The van der Waals surface area contributed by atoms with Gasteiger partial charge in [-0.05, 0) is 17.9 Å². The number of carbonyl (C=O) groups excluding carboxylic acids is 1. The molecule has 2 atom stereocenters. The zero-order valence-corrected chi connectivity index (χ0v) is 12.3. The number of hydrogen-bond donors (Lipinski definition) is 1. The monoisotopic (exact) mass is 262 g/mol. The standard InChI is InChI=1S/C16H26N2O/c1-4-11-18(12-14-9-7-6-8-10-14)16(19)15(17)13(3)5-2/h6-10,13,15H,4-5,11-12,17H2,1-3H3. The summed E-state index contributed by atoms with van der Waals surface area (Å²) < 4.78 is 0. The average Bonchev–Trinajstić information content (AvgIpc) is 2.45. The molecule has 0 radical (unpaired) electrons. The fourth-order valence-corrected chi connectivity index (χ4v) is 2.05. The number of rotatable bonds is 7. The van der Waals surface area contributed by atoms with Crippen molar-refractivity contribution in [2.45, 2.75) is 46.2 Å². The van der Waals surface area contributed by atoms with Gasteiger partial charge in [-0.15, -0.1) is 0 Å². The molecule has 0 aliphatic rings. The Morgan fingerprint density at radius 3 is 2.42 bits per heavy atom. The summed E-state index contributed by atoms with van der Waals surface area (Å²) in [5, 5.41) is 0. The van der Waals surface area contributed by atoms with Gasteiger partial charge in [-0.25, -0.2) is 0 Å². The van der Waals surface area contributed by atoms with Gasteiger partial charge in [0, 0.05) is 13.1 Å². The van der Waals surface area contributed by atoms with Crippen LogP contribution in [0, 0.1) is 5.92 Å². The van der Waals surface area contributed by atoms with E-state index in [2.05, 4.69) is 13.8 Å². The van der Waals surface area contributed by atoms with E-state index in [0.717, 1.165) is 24.9 Å². The van der Waals surface area contributed by atoms with Gasteiger partial charge >= 0.3 is 0 Å². The summed E-state index contributed by atoms with van der Waals surface area (Å²) in [4.78, 5) is 14.3. The molecule has 0 saturated heterocycles. The Bertz CT molecular complexity index is 378. The van der Waals surface area contributed by atoms with Crippen molar-refractivity contribution in [3.8, 4) is 0 Å². The van der Waals surface area contributed by atoms with Gasteiger partial charge in [-0.2, -0.15) is 0 Å². The van der Waals surface area contributed by atoms with Gasteiger partial charge in [0.05, 0.1) is 6.04 Å². The second-order valence-corrected chi connectivity index (χ2v) is 5.16. The lowest BCUT2D eigenvalue weighted by molar-refractivity contribution is -0.134. The summed E-state index contributed by atoms with van der Waals surface area (Å²) in [6.07, 6.45) is 1.88. The van der Waals surface area contributed by atoms with Crippen LogP contribution in [-0.4, -0.2) is 23.4 Å². The third-order valence-electron chi connectivity index (χ3n) is 3.56. The topological polar surface area (TPSA) is 46.3 Å². The van der Waals surface area contributed by atoms with Gasteiger partial charge in [-0.3, -0.25) is 4.79 Å². The van der Waals surface area contributed by atoms with Crippen LogP contribution < -0.4 is 5.73 Å². The van der Waals surface area contributed by atoms with Crippen LogP contribution in [-0.2, 0) is 11.3 Å². The van der Waals surface area contributed by atoms with Gasteiger partial charge in [0.1, 0.15) is 0 Å². The lowest BCUT2D eigenvalue weighted by atomic mass is 9.98. The highest BCUT2D eigenvalue weighted by Gasteiger charge is 2.24. The minimum absolute atomic E-state index is 0.0695. The Hall–Kier alpha value is -1.35. The molecule has 3 nitrogen and oxygen atoms in total. The molecule has 0 heterocycles. The zero-order chi connectivity index (χ0) is 14.3. The minimum atomic E-state index is -0.389. The highest BCUT2D eigenvalue weighted by atomic mass is 16.2. The maximum Gasteiger partial charge on any atom is 0.240 e. The molecule has 1 amide bonds.